The maximum Gasteiger partial charge on any atom is 0.248 e. The van der Waals surface area contributed by atoms with Crippen LogP contribution in [0.3, 0.4) is 0 Å². The maximum absolute atomic E-state index is 11.0. The van der Waals surface area contributed by atoms with Crippen molar-refractivity contribution in [3.05, 3.63) is 41.7 Å². The monoisotopic (exact) mass is 188 g/mol. The van der Waals surface area contributed by atoms with E-state index in [4.69, 9.17) is 5.73 Å². The molecular formula is C11H12N2O. The van der Waals surface area contributed by atoms with Crippen LogP contribution in [0.25, 0.3) is 5.52 Å². The Kier molecular flexibility index (Phi) is 2.00. The number of aromatic nitrogens is 1. The second kappa shape index (κ2) is 3.18. The van der Waals surface area contributed by atoms with Crippen molar-refractivity contribution in [2.45, 2.75) is 13.3 Å². The van der Waals surface area contributed by atoms with Crippen LogP contribution < -0.4 is 5.73 Å². The number of aryl methyl sites for hydroxylation is 1. The topological polar surface area (TPSA) is 47.5 Å². The van der Waals surface area contributed by atoms with Crippen molar-refractivity contribution in [2.24, 2.45) is 5.73 Å². The number of hydrogen-bond donors (Lipinski definition) is 1. The molecule has 72 valence electrons. The standard InChI is InChI=1S/C11H12N2O/c1-2-8-3-5-13-6-4-9(11(12)14)7-10(8)13/h3-7H,2H2,1H3,(H2,12,14). The van der Waals surface area contributed by atoms with Crippen LogP contribution in [0.2, 0.25) is 0 Å². The normalized spacial score (nSPS) is 10.6. The van der Waals surface area contributed by atoms with Gasteiger partial charge in [0.1, 0.15) is 0 Å². The Bertz CT molecular complexity index is 485. The largest absolute Gasteiger partial charge is 0.366 e. The molecule has 0 aliphatic heterocycles. The molecule has 0 unspecified atom stereocenters. The number of primary amides is 1. The summed E-state index contributed by atoms with van der Waals surface area (Å²) < 4.78 is 1.99. The Morgan fingerprint density at radius 2 is 2.14 bits per heavy atom. The lowest BCUT2D eigenvalue weighted by molar-refractivity contribution is 0.100. The summed E-state index contributed by atoms with van der Waals surface area (Å²) >= 11 is 0. The number of fused-ring (bicyclic) bond motifs is 1. The van der Waals surface area contributed by atoms with Crippen molar-refractivity contribution in [3.8, 4) is 0 Å². The number of carbonyl (C=O) groups excluding carboxylic acids is 1. The van der Waals surface area contributed by atoms with E-state index < -0.39 is 0 Å². The first-order chi connectivity index (χ1) is 6.72. The van der Waals surface area contributed by atoms with Crippen LogP contribution in [0.4, 0.5) is 0 Å². The smallest absolute Gasteiger partial charge is 0.248 e. The van der Waals surface area contributed by atoms with E-state index in [9.17, 15) is 4.79 Å². The highest BCUT2D eigenvalue weighted by Gasteiger charge is 2.04. The van der Waals surface area contributed by atoms with E-state index in [-0.39, 0.29) is 5.91 Å². The van der Waals surface area contributed by atoms with Gasteiger partial charge in [-0.05, 0) is 30.2 Å². The first-order valence-electron chi connectivity index (χ1n) is 4.61. The maximum atomic E-state index is 11.0. The molecule has 2 aromatic rings. The molecular weight excluding hydrogens is 176 g/mol. The number of hydrogen-bond acceptors (Lipinski definition) is 1. The third kappa shape index (κ3) is 1.27. The summed E-state index contributed by atoms with van der Waals surface area (Å²) in [5, 5.41) is 0. The fraction of sp³-hybridized carbons (Fsp3) is 0.182. The van der Waals surface area contributed by atoms with E-state index in [1.807, 2.05) is 22.9 Å². The third-order valence-electron chi connectivity index (χ3n) is 2.42. The van der Waals surface area contributed by atoms with Crippen molar-refractivity contribution < 1.29 is 4.79 Å². The number of pyridine rings is 1. The van der Waals surface area contributed by atoms with Gasteiger partial charge in [0.2, 0.25) is 5.91 Å². The molecule has 0 spiro atoms. The summed E-state index contributed by atoms with van der Waals surface area (Å²) in [7, 11) is 0. The van der Waals surface area contributed by atoms with Crippen LogP contribution in [0.5, 0.6) is 0 Å². The molecule has 3 heteroatoms. The van der Waals surface area contributed by atoms with Gasteiger partial charge in [-0.2, -0.15) is 0 Å². The van der Waals surface area contributed by atoms with Crippen LogP contribution in [-0.4, -0.2) is 10.3 Å². The zero-order chi connectivity index (χ0) is 10.1. The molecule has 2 heterocycles. The number of amides is 1. The Hall–Kier alpha value is -1.77. The molecule has 0 atom stereocenters. The molecule has 0 saturated carbocycles. The van der Waals surface area contributed by atoms with Crippen molar-refractivity contribution >= 4 is 11.4 Å². The quantitative estimate of drug-likeness (QED) is 0.764. The Balaban J connectivity index is 2.67. The van der Waals surface area contributed by atoms with Gasteiger partial charge in [-0.1, -0.05) is 6.92 Å². The number of rotatable bonds is 2. The van der Waals surface area contributed by atoms with Gasteiger partial charge in [-0.15, -0.1) is 0 Å². The molecule has 0 aromatic carbocycles. The SMILES string of the molecule is CCc1ccn2ccc(C(N)=O)cc12. The number of nitrogens with two attached hydrogens (primary N) is 1. The van der Waals surface area contributed by atoms with E-state index in [2.05, 4.69) is 13.0 Å². The molecule has 0 aliphatic carbocycles. The molecule has 14 heavy (non-hydrogen) atoms. The predicted molar refractivity (Wildman–Crippen MR) is 55.3 cm³/mol. The molecule has 0 radical (unpaired) electrons. The fourth-order valence-electron chi connectivity index (χ4n) is 1.61. The van der Waals surface area contributed by atoms with Gasteiger partial charge in [-0.25, -0.2) is 0 Å². The Morgan fingerprint density at radius 1 is 1.43 bits per heavy atom. The molecule has 2 aromatic heterocycles. The zero-order valence-corrected chi connectivity index (χ0v) is 8.03. The van der Waals surface area contributed by atoms with Crippen molar-refractivity contribution in [1.82, 2.24) is 4.40 Å². The first-order valence-corrected chi connectivity index (χ1v) is 4.61. The van der Waals surface area contributed by atoms with Gasteiger partial charge in [0.05, 0.1) is 0 Å². The van der Waals surface area contributed by atoms with Crippen molar-refractivity contribution in [2.75, 3.05) is 0 Å². The van der Waals surface area contributed by atoms with E-state index in [0.717, 1.165) is 11.9 Å². The summed E-state index contributed by atoms with van der Waals surface area (Å²) in [5.74, 6) is -0.379. The van der Waals surface area contributed by atoms with Gasteiger partial charge in [0, 0.05) is 23.5 Å². The average Bonchev–Trinajstić information content (AvgIpc) is 2.59. The van der Waals surface area contributed by atoms with E-state index in [1.54, 1.807) is 6.07 Å². The lowest BCUT2D eigenvalue weighted by Gasteiger charge is -2.00. The highest BCUT2D eigenvalue weighted by molar-refractivity contribution is 5.94. The number of nitrogens with zero attached hydrogens (tertiary/aromatic N) is 1. The van der Waals surface area contributed by atoms with Crippen LogP contribution in [0.15, 0.2) is 30.6 Å². The average molecular weight is 188 g/mol. The minimum absolute atomic E-state index is 0.379. The highest BCUT2D eigenvalue weighted by Crippen LogP contribution is 2.14. The highest BCUT2D eigenvalue weighted by atomic mass is 16.1. The van der Waals surface area contributed by atoms with E-state index in [0.29, 0.717) is 5.56 Å². The molecule has 2 rings (SSSR count). The predicted octanol–water partition coefficient (Wildman–Crippen LogP) is 1.60. The van der Waals surface area contributed by atoms with Crippen LogP contribution in [0.1, 0.15) is 22.8 Å². The second-order valence-corrected chi connectivity index (χ2v) is 3.27. The lowest BCUT2D eigenvalue weighted by atomic mass is 10.1. The van der Waals surface area contributed by atoms with Crippen LogP contribution in [0, 0.1) is 0 Å². The summed E-state index contributed by atoms with van der Waals surface area (Å²) in [6.07, 6.45) is 4.80. The summed E-state index contributed by atoms with van der Waals surface area (Å²) in [4.78, 5) is 11.0. The summed E-state index contributed by atoms with van der Waals surface area (Å²) in [5.41, 5.74) is 8.07. The molecule has 1 amide bonds. The van der Waals surface area contributed by atoms with Crippen LogP contribution in [-0.2, 0) is 6.42 Å². The lowest BCUT2D eigenvalue weighted by Crippen LogP contribution is -2.11. The molecule has 2 N–H and O–H groups in total. The zero-order valence-electron chi connectivity index (χ0n) is 8.03. The molecule has 0 saturated heterocycles. The van der Waals surface area contributed by atoms with Gasteiger partial charge in [0.15, 0.2) is 0 Å². The fourth-order valence-corrected chi connectivity index (χ4v) is 1.61. The summed E-state index contributed by atoms with van der Waals surface area (Å²) in [6.45, 7) is 2.09. The molecule has 0 bridgehead atoms. The molecule has 0 aliphatic rings. The van der Waals surface area contributed by atoms with Gasteiger partial charge in [0.25, 0.3) is 0 Å². The van der Waals surface area contributed by atoms with E-state index >= 15 is 0 Å². The number of carbonyl (C=O) groups is 1. The Morgan fingerprint density at radius 3 is 2.79 bits per heavy atom. The van der Waals surface area contributed by atoms with Gasteiger partial charge >= 0.3 is 0 Å². The molecule has 0 fully saturated rings. The first kappa shape index (κ1) is 8.81. The van der Waals surface area contributed by atoms with Crippen LogP contribution >= 0.6 is 0 Å². The van der Waals surface area contributed by atoms with Crippen molar-refractivity contribution in [3.63, 3.8) is 0 Å². The Labute approximate surface area is 82.1 Å². The summed E-state index contributed by atoms with van der Waals surface area (Å²) in [6, 6.07) is 5.62. The minimum Gasteiger partial charge on any atom is -0.366 e. The minimum atomic E-state index is -0.379. The van der Waals surface area contributed by atoms with Crippen molar-refractivity contribution in [1.29, 1.82) is 0 Å². The molecule has 3 nitrogen and oxygen atoms in total. The van der Waals surface area contributed by atoms with E-state index in [1.165, 1.54) is 5.56 Å². The second-order valence-electron chi connectivity index (χ2n) is 3.27. The third-order valence-corrected chi connectivity index (χ3v) is 2.42. The van der Waals surface area contributed by atoms with Gasteiger partial charge < -0.3 is 10.1 Å². The van der Waals surface area contributed by atoms with Gasteiger partial charge in [-0.3, -0.25) is 4.79 Å².